The largest absolute Gasteiger partial charge is 0.433 e. The number of fused-ring (bicyclic) bond motifs is 1. The molecule has 0 fully saturated rings. The lowest BCUT2D eigenvalue weighted by Crippen LogP contribution is -2.01. The van der Waals surface area contributed by atoms with Gasteiger partial charge in [0.05, 0.1) is 4.92 Å². The van der Waals surface area contributed by atoms with Gasteiger partial charge in [0.15, 0.2) is 0 Å². The van der Waals surface area contributed by atoms with Crippen molar-refractivity contribution in [3.05, 3.63) is 87.2 Å². The zero-order valence-corrected chi connectivity index (χ0v) is 16.9. The molecule has 0 saturated carbocycles. The van der Waals surface area contributed by atoms with Gasteiger partial charge in [-0.2, -0.15) is 9.97 Å². The summed E-state index contributed by atoms with van der Waals surface area (Å²) in [5.41, 5.74) is 1.11. The average molecular weight is 422 g/mol. The fraction of sp³-hybridized carbons (Fsp3) is 0.0909. The van der Waals surface area contributed by atoms with Crippen molar-refractivity contribution in [2.75, 3.05) is 0 Å². The molecule has 0 radical (unpaired) electrons. The van der Waals surface area contributed by atoms with Crippen LogP contribution in [-0.2, 0) is 0 Å². The van der Waals surface area contributed by atoms with Crippen LogP contribution >= 0.6 is 11.6 Å². The molecular formula is C22H16ClN3O4. The molecule has 1 heterocycles. The van der Waals surface area contributed by atoms with E-state index in [0.29, 0.717) is 16.5 Å². The summed E-state index contributed by atoms with van der Waals surface area (Å²) in [6, 6.07) is 16.4. The molecule has 3 aromatic carbocycles. The van der Waals surface area contributed by atoms with Crippen LogP contribution in [0.15, 0.2) is 60.9 Å². The van der Waals surface area contributed by atoms with Crippen LogP contribution in [0.1, 0.15) is 11.1 Å². The second-order valence-electron chi connectivity index (χ2n) is 6.64. The number of nitrogens with zero attached hydrogens (tertiary/aromatic N) is 3. The molecule has 0 spiro atoms. The SMILES string of the molecule is Cc1cc(Oc2ncnc(Oc3cccc4ccccc34)c2[N+](=O)[O-])cc(C)c1Cl. The molecule has 4 rings (SSSR count). The summed E-state index contributed by atoms with van der Waals surface area (Å²) < 4.78 is 11.6. The van der Waals surface area contributed by atoms with Gasteiger partial charge >= 0.3 is 17.4 Å². The van der Waals surface area contributed by atoms with E-state index in [-0.39, 0.29) is 11.8 Å². The number of ether oxygens (including phenoxy) is 2. The molecule has 7 nitrogen and oxygen atoms in total. The summed E-state index contributed by atoms with van der Waals surface area (Å²) in [6.07, 6.45) is 1.17. The molecular weight excluding hydrogens is 406 g/mol. The number of halogens is 1. The van der Waals surface area contributed by atoms with Crippen LogP contribution < -0.4 is 9.47 Å². The van der Waals surface area contributed by atoms with Gasteiger partial charge in [0.1, 0.15) is 17.8 Å². The van der Waals surface area contributed by atoms with E-state index in [1.165, 1.54) is 6.33 Å². The summed E-state index contributed by atoms with van der Waals surface area (Å²) in [5, 5.41) is 14.2. The highest BCUT2D eigenvalue weighted by Crippen LogP contribution is 2.40. The molecule has 0 bridgehead atoms. The Hall–Kier alpha value is -3.71. The number of nitro groups is 1. The maximum atomic E-state index is 11.8. The number of hydrogen-bond acceptors (Lipinski definition) is 6. The topological polar surface area (TPSA) is 87.4 Å². The van der Waals surface area contributed by atoms with Gasteiger partial charge < -0.3 is 9.47 Å². The van der Waals surface area contributed by atoms with Crippen molar-refractivity contribution in [3.63, 3.8) is 0 Å². The lowest BCUT2D eigenvalue weighted by Gasteiger charge is -2.11. The van der Waals surface area contributed by atoms with E-state index >= 15 is 0 Å². The third-order valence-electron chi connectivity index (χ3n) is 4.52. The van der Waals surface area contributed by atoms with Crippen molar-refractivity contribution >= 4 is 28.1 Å². The Labute approximate surface area is 177 Å². The van der Waals surface area contributed by atoms with Gasteiger partial charge in [0.2, 0.25) is 0 Å². The van der Waals surface area contributed by atoms with Gasteiger partial charge in [0.25, 0.3) is 0 Å². The minimum Gasteiger partial charge on any atom is -0.433 e. The normalized spacial score (nSPS) is 10.8. The van der Waals surface area contributed by atoms with Crippen LogP contribution in [0.3, 0.4) is 0 Å². The van der Waals surface area contributed by atoms with Gasteiger partial charge in [-0.25, -0.2) is 0 Å². The standard InChI is InChI=1S/C22H16ClN3O4/c1-13-10-16(11-14(2)19(13)23)29-21-20(26(27)28)22(25-12-24-21)30-18-9-5-7-15-6-3-4-8-17(15)18/h3-12H,1-2H3. The van der Waals surface area contributed by atoms with E-state index in [0.717, 1.165) is 21.9 Å². The van der Waals surface area contributed by atoms with E-state index < -0.39 is 10.6 Å². The molecule has 1 aromatic heterocycles. The van der Waals surface area contributed by atoms with Crippen molar-refractivity contribution < 1.29 is 14.4 Å². The van der Waals surface area contributed by atoms with Crippen molar-refractivity contribution in [3.8, 4) is 23.3 Å². The van der Waals surface area contributed by atoms with Crippen molar-refractivity contribution in [2.24, 2.45) is 0 Å². The summed E-state index contributed by atoms with van der Waals surface area (Å²) in [7, 11) is 0. The number of rotatable bonds is 5. The van der Waals surface area contributed by atoms with Crippen LogP contribution in [0.25, 0.3) is 10.8 Å². The maximum absolute atomic E-state index is 11.8. The minimum absolute atomic E-state index is 0.205. The monoisotopic (exact) mass is 421 g/mol. The van der Waals surface area contributed by atoms with E-state index in [1.54, 1.807) is 24.3 Å². The van der Waals surface area contributed by atoms with Gasteiger partial charge in [-0.1, -0.05) is 48.0 Å². The molecule has 0 aliphatic heterocycles. The van der Waals surface area contributed by atoms with Crippen LogP contribution in [0.2, 0.25) is 5.02 Å². The van der Waals surface area contributed by atoms with Crippen LogP contribution in [0, 0.1) is 24.0 Å². The highest BCUT2D eigenvalue weighted by molar-refractivity contribution is 6.32. The Bertz CT molecular complexity index is 1250. The fourth-order valence-electron chi connectivity index (χ4n) is 3.12. The molecule has 0 aliphatic carbocycles. The molecule has 0 N–H and O–H groups in total. The Kier molecular flexibility index (Phi) is 5.20. The van der Waals surface area contributed by atoms with E-state index in [2.05, 4.69) is 9.97 Å². The number of aryl methyl sites for hydroxylation is 2. The van der Waals surface area contributed by atoms with E-state index in [4.69, 9.17) is 21.1 Å². The van der Waals surface area contributed by atoms with Crippen LogP contribution in [0.4, 0.5) is 5.69 Å². The Morgan fingerprint density at radius 2 is 1.57 bits per heavy atom. The molecule has 0 saturated heterocycles. The Morgan fingerprint density at radius 3 is 2.27 bits per heavy atom. The first kappa shape index (κ1) is 19.6. The summed E-state index contributed by atoms with van der Waals surface area (Å²) in [5.74, 6) is 0.404. The lowest BCUT2D eigenvalue weighted by atomic mass is 10.1. The number of benzene rings is 3. The van der Waals surface area contributed by atoms with E-state index in [1.807, 2.05) is 44.2 Å². The second kappa shape index (κ2) is 7.96. The van der Waals surface area contributed by atoms with Gasteiger partial charge in [-0.3, -0.25) is 10.1 Å². The summed E-state index contributed by atoms with van der Waals surface area (Å²) in [6.45, 7) is 3.65. The summed E-state index contributed by atoms with van der Waals surface area (Å²) >= 11 is 6.19. The molecule has 0 unspecified atom stereocenters. The molecule has 150 valence electrons. The molecule has 0 aliphatic rings. The first-order valence-corrected chi connectivity index (χ1v) is 9.41. The smallest absolute Gasteiger partial charge is 0.393 e. The first-order valence-electron chi connectivity index (χ1n) is 9.03. The second-order valence-corrected chi connectivity index (χ2v) is 7.02. The third-order valence-corrected chi connectivity index (χ3v) is 5.11. The first-order chi connectivity index (χ1) is 14.4. The van der Waals surface area contributed by atoms with Gasteiger partial charge in [-0.05, 0) is 48.6 Å². The molecule has 0 amide bonds. The Balaban J connectivity index is 1.76. The summed E-state index contributed by atoms with van der Waals surface area (Å²) in [4.78, 5) is 19.1. The minimum atomic E-state index is -0.620. The zero-order valence-electron chi connectivity index (χ0n) is 16.1. The van der Waals surface area contributed by atoms with Gasteiger partial charge in [0, 0.05) is 10.4 Å². The van der Waals surface area contributed by atoms with Crippen LogP contribution in [-0.4, -0.2) is 14.9 Å². The average Bonchev–Trinajstić information content (AvgIpc) is 2.72. The van der Waals surface area contributed by atoms with Crippen molar-refractivity contribution in [1.29, 1.82) is 0 Å². The third kappa shape index (κ3) is 3.75. The molecule has 30 heavy (non-hydrogen) atoms. The molecule has 8 heteroatoms. The highest BCUT2D eigenvalue weighted by Gasteiger charge is 2.27. The predicted molar refractivity (Wildman–Crippen MR) is 114 cm³/mol. The predicted octanol–water partition coefficient (Wildman–Crippen LogP) is 6.39. The number of hydrogen-bond donors (Lipinski definition) is 0. The zero-order chi connectivity index (χ0) is 21.3. The fourth-order valence-corrected chi connectivity index (χ4v) is 3.23. The highest BCUT2D eigenvalue weighted by atomic mass is 35.5. The maximum Gasteiger partial charge on any atom is 0.393 e. The quantitative estimate of drug-likeness (QED) is 0.274. The van der Waals surface area contributed by atoms with Gasteiger partial charge in [-0.15, -0.1) is 0 Å². The Morgan fingerprint density at radius 1 is 0.933 bits per heavy atom. The van der Waals surface area contributed by atoms with Crippen molar-refractivity contribution in [2.45, 2.75) is 13.8 Å². The van der Waals surface area contributed by atoms with Crippen molar-refractivity contribution in [1.82, 2.24) is 9.97 Å². The lowest BCUT2D eigenvalue weighted by molar-refractivity contribution is -0.387. The molecule has 0 atom stereocenters. The van der Waals surface area contributed by atoms with Crippen LogP contribution in [0.5, 0.6) is 23.3 Å². The number of aromatic nitrogens is 2. The van der Waals surface area contributed by atoms with E-state index in [9.17, 15) is 10.1 Å². The molecule has 4 aromatic rings.